The molecule has 0 radical (unpaired) electrons. The van der Waals surface area contributed by atoms with E-state index in [0.29, 0.717) is 26.1 Å². The second-order valence-electron chi connectivity index (χ2n) is 5.32. The Kier molecular flexibility index (Phi) is 8.17. The minimum atomic E-state index is -0.370. The predicted molar refractivity (Wildman–Crippen MR) is 91.6 cm³/mol. The third kappa shape index (κ3) is 5.76. The topological polar surface area (TPSA) is 70.6 Å². The summed E-state index contributed by atoms with van der Waals surface area (Å²) < 4.78 is 6.48. The van der Waals surface area contributed by atoms with Gasteiger partial charge in [-0.2, -0.15) is 0 Å². The van der Waals surface area contributed by atoms with Crippen molar-refractivity contribution in [3.8, 4) is 5.75 Å². The van der Waals surface area contributed by atoms with E-state index in [2.05, 4.69) is 26.6 Å². The minimum absolute atomic E-state index is 0. The van der Waals surface area contributed by atoms with Crippen molar-refractivity contribution < 1.29 is 14.6 Å². The van der Waals surface area contributed by atoms with E-state index in [1.165, 1.54) is 0 Å². The highest BCUT2D eigenvalue weighted by Crippen LogP contribution is 2.25. The van der Waals surface area contributed by atoms with Gasteiger partial charge in [-0.05, 0) is 40.5 Å². The van der Waals surface area contributed by atoms with Crippen LogP contribution in [0.3, 0.4) is 0 Å². The van der Waals surface area contributed by atoms with Crippen molar-refractivity contribution in [2.45, 2.75) is 19.4 Å². The third-order valence-electron chi connectivity index (χ3n) is 3.54. The molecule has 2 unspecified atom stereocenters. The average molecular weight is 394 g/mol. The predicted octanol–water partition coefficient (Wildman–Crippen LogP) is 1.64. The lowest BCUT2D eigenvalue weighted by Gasteiger charge is -2.14. The molecule has 0 aromatic heterocycles. The third-order valence-corrected chi connectivity index (χ3v) is 4.16. The molecule has 3 N–H and O–H groups in total. The van der Waals surface area contributed by atoms with Crippen molar-refractivity contribution in [1.82, 2.24) is 10.6 Å². The molecule has 0 aliphatic carbocycles. The lowest BCUT2D eigenvalue weighted by atomic mass is 10.1. The molecule has 1 aliphatic heterocycles. The molecule has 1 aliphatic rings. The fourth-order valence-corrected chi connectivity index (χ4v) is 2.85. The maximum atomic E-state index is 11.7. The molecule has 1 amide bonds. The van der Waals surface area contributed by atoms with Crippen molar-refractivity contribution in [2.75, 3.05) is 26.2 Å². The van der Waals surface area contributed by atoms with Crippen molar-refractivity contribution in [3.63, 3.8) is 0 Å². The number of aliphatic hydroxyl groups is 1. The van der Waals surface area contributed by atoms with E-state index in [-0.39, 0.29) is 30.3 Å². The normalized spacial score (nSPS) is 20.3. The molecule has 5 nitrogen and oxygen atoms in total. The molecule has 1 heterocycles. The van der Waals surface area contributed by atoms with Gasteiger partial charge in [-0.1, -0.05) is 6.07 Å². The number of halogens is 2. The highest BCUT2D eigenvalue weighted by Gasteiger charge is 2.24. The number of carbonyl (C=O) groups excluding carboxylic acids is 1. The number of aliphatic hydroxyl groups excluding tert-OH is 1. The van der Waals surface area contributed by atoms with Crippen molar-refractivity contribution in [1.29, 1.82) is 0 Å². The molecule has 1 saturated heterocycles. The quantitative estimate of drug-likeness (QED) is 0.687. The van der Waals surface area contributed by atoms with Gasteiger partial charge in [0.1, 0.15) is 5.75 Å². The molecule has 1 aromatic carbocycles. The first-order valence-corrected chi connectivity index (χ1v) is 7.90. The molecule has 0 saturated carbocycles. The van der Waals surface area contributed by atoms with E-state index in [1.54, 1.807) is 0 Å². The molecule has 1 aromatic rings. The summed E-state index contributed by atoms with van der Waals surface area (Å²) in [5.41, 5.74) is 1.15. The second kappa shape index (κ2) is 9.35. The first-order valence-electron chi connectivity index (χ1n) is 7.10. The van der Waals surface area contributed by atoms with Gasteiger partial charge in [0.15, 0.2) is 0 Å². The van der Waals surface area contributed by atoms with Gasteiger partial charge in [0.05, 0.1) is 23.6 Å². The number of ether oxygens (including phenoxy) is 1. The maximum Gasteiger partial charge on any atom is 0.223 e. The first kappa shape index (κ1) is 19.2. The van der Waals surface area contributed by atoms with E-state index in [1.807, 2.05) is 25.1 Å². The Bertz CT molecular complexity index is 502. The van der Waals surface area contributed by atoms with Crippen LogP contribution in [0.2, 0.25) is 0 Å². The van der Waals surface area contributed by atoms with Crippen LogP contribution in [0.15, 0.2) is 22.7 Å². The summed E-state index contributed by atoms with van der Waals surface area (Å²) in [7, 11) is 0. The van der Waals surface area contributed by atoms with Crippen LogP contribution < -0.4 is 15.4 Å². The summed E-state index contributed by atoms with van der Waals surface area (Å²) in [6.07, 6.45) is -0.0682. The number of aryl methyl sites for hydroxylation is 1. The molecule has 2 rings (SSSR count). The Balaban J connectivity index is 0.00000242. The molecule has 0 spiro atoms. The summed E-state index contributed by atoms with van der Waals surface area (Å²) in [5, 5.41) is 15.6. The van der Waals surface area contributed by atoms with Crippen molar-refractivity contribution in [3.05, 3.63) is 28.2 Å². The van der Waals surface area contributed by atoms with Gasteiger partial charge in [-0.25, -0.2) is 0 Å². The van der Waals surface area contributed by atoms with Crippen LogP contribution in [-0.2, 0) is 4.79 Å². The summed E-state index contributed by atoms with van der Waals surface area (Å²) in [4.78, 5) is 11.7. The van der Waals surface area contributed by atoms with Crippen molar-refractivity contribution in [2.24, 2.45) is 5.92 Å². The number of hydrogen-bond acceptors (Lipinski definition) is 4. The molecule has 2 atom stereocenters. The number of rotatable bonds is 6. The molecule has 124 valence electrons. The SMILES string of the molecule is Cc1ccc(OCCC(=O)NCC2CNCC2O)c(Br)c1.Cl. The van der Waals surface area contributed by atoms with E-state index in [0.717, 1.165) is 22.3 Å². The standard InChI is InChI=1S/C15H21BrN2O3.ClH/c1-10-2-3-14(12(16)6-10)21-5-4-15(20)18-8-11-7-17-9-13(11)19;/h2-3,6,11,13,17,19H,4-5,7-9H2,1H3,(H,18,20);1H. The Morgan fingerprint density at radius 2 is 2.27 bits per heavy atom. The smallest absolute Gasteiger partial charge is 0.223 e. The summed E-state index contributed by atoms with van der Waals surface area (Å²) >= 11 is 3.44. The van der Waals surface area contributed by atoms with Crippen LogP contribution in [0.25, 0.3) is 0 Å². The molecule has 1 fully saturated rings. The van der Waals surface area contributed by atoms with Crippen LogP contribution in [0.4, 0.5) is 0 Å². The van der Waals surface area contributed by atoms with Crippen LogP contribution in [0.1, 0.15) is 12.0 Å². The minimum Gasteiger partial charge on any atom is -0.492 e. The zero-order valence-electron chi connectivity index (χ0n) is 12.5. The number of nitrogens with one attached hydrogen (secondary N) is 2. The summed E-state index contributed by atoms with van der Waals surface area (Å²) in [6, 6.07) is 5.83. The van der Waals surface area contributed by atoms with E-state index in [4.69, 9.17) is 4.74 Å². The molecule has 7 heteroatoms. The Morgan fingerprint density at radius 1 is 1.50 bits per heavy atom. The Hall–Kier alpha value is -0.820. The fourth-order valence-electron chi connectivity index (χ4n) is 2.24. The zero-order chi connectivity index (χ0) is 15.2. The fraction of sp³-hybridized carbons (Fsp3) is 0.533. The number of β-amino-alcohol motifs (C(OH)–C–C–N with tert-alkyl or cyclic N) is 1. The lowest BCUT2D eigenvalue weighted by molar-refractivity contribution is -0.121. The Morgan fingerprint density at radius 3 is 2.91 bits per heavy atom. The van der Waals surface area contributed by atoms with Crippen LogP contribution in [-0.4, -0.2) is 43.4 Å². The van der Waals surface area contributed by atoms with E-state index < -0.39 is 0 Å². The zero-order valence-corrected chi connectivity index (χ0v) is 14.9. The van der Waals surface area contributed by atoms with Crippen LogP contribution >= 0.6 is 28.3 Å². The highest BCUT2D eigenvalue weighted by molar-refractivity contribution is 9.10. The Labute approximate surface area is 145 Å². The monoisotopic (exact) mass is 392 g/mol. The van der Waals surface area contributed by atoms with Gasteiger partial charge in [0.25, 0.3) is 0 Å². The number of hydrogen-bond donors (Lipinski definition) is 3. The second-order valence-corrected chi connectivity index (χ2v) is 6.18. The number of benzene rings is 1. The highest BCUT2D eigenvalue weighted by atomic mass is 79.9. The van der Waals surface area contributed by atoms with Gasteiger partial charge >= 0.3 is 0 Å². The first-order chi connectivity index (χ1) is 10.1. The van der Waals surface area contributed by atoms with Gasteiger partial charge in [-0.15, -0.1) is 12.4 Å². The molecular formula is C15H22BrClN2O3. The lowest BCUT2D eigenvalue weighted by Crippen LogP contribution is -2.34. The molecule has 0 bridgehead atoms. The summed E-state index contributed by atoms with van der Waals surface area (Å²) in [6.45, 7) is 4.19. The van der Waals surface area contributed by atoms with E-state index >= 15 is 0 Å². The van der Waals surface area contributed by atoms with Gasteiger partial charge in [0, 0.05) is 25.6 Å². The molecule has 22 heavy (non-hydrogen) atoms. The molecular weight excluding hydrogens is 372 g/mol. The summed E-state index contributed by atoms with van der Waals surface area (Å²) in [5.74, 6) is 0.780. The number of carbonyl (C=O) groups is 1. The van der Waals surface area contributed by atoms with E-state index in [9.17, 15) is 9.90 Å². The van der Waals surface area contributed by atoms with Gasteiger partial charge in [0.2, 0.25) is 5.91 Å². The number of amides is 1. The van der Waals surface area contributed by atoms with Crippen LogP contribution in [0.5, 0.6) is 5.75 Å². The van der Waals surface area contributed by atoms with Gasteiger partial charge in [-0.3, -0.25) is 4.79 Å². The van der Waals surface area contributed by atoms with Crippen LogP contribution in [0, 0.1) is 12.8 Å². The van der Waals surface area contributed by atoms with Crippen molar-refractivity contribution >= 4 is 34.2 Å². The largest absolute Gasteiger partial charge is 0.492 e. The average Bonchev–Trinajstić information content (AvgIpc) is 2.84. The maximum absolute atomic E-state index is 11.7. The van der Waals surface area contributed by atoms with Gasteiger partial charge < -0.3 is 20.5 Å².